The Morgan fingerprint density at radius 2 is 1.66 bits per heavy atom. The standard InChI is InChI=1S/C22H25N3O4/c1-24(13-17-10-19(27-2)21(29-4)20(11-17)28-3)22(26)18-12-23-25(15-18)14-16-8-6-5-7-9-16/h5-12,15H,13-14H2,1-4H3. The second-order valence-corrected chi connectivity index (χ2v) is 6.61. The van der Waals surface area contributed by atoms with Crippen LogP contribution in [-0.4, -0.2) is 49.0 Å². The van der Waals surface area contributed by atoms with Crippen LogP contribution in [0.15, 0.2) is 54.9 Å². The van der Waals surface area contributed by atoms with Crippen molar-refractivity contribution in [2.24, 2.45) is 0 Å². The van der Waals surface area contributed by atoms with Gasteiger partial charge in [-0.25, -0.2) is 0 Å². The van der Waals surface area contributed by atoms with Gasteiger partial charge in [-0.2, -0.15) is 5.10 Å². The summed E-state index contributed by atoms with van der Waals surface area (Å²) in [5.74, 6) is 1.52. The number of aromatic nitrogens is 2. The van der Waals surface area contributed by atoms with Crippen molar-refractivity contribution < 1.29 is 19.0 Å². The third-order valence-corrected chi connectivity index (χ3v) is 4.56. The lowest BCUT2D eigenvalue weighted by Gasteiger charge is -2.19. The van der Waals surface area contributed by atoms with E-state index in [1.807, 2.05) is 42.5 Å². The average molecular weight is 395 g/mol. The summed E-state index contributed by atoms with van der Waals surface area (Å²) in [6.07, 6.45) is 3.36. The molecule has 0 aliphatic heterocycles. The fourth-order valence-electron chi connectivity index (χ4n) is 3.12. The van der Waals surface area contributed by atoms with Crippen molar-refractivity contribution in [1.29, 1.82) is 0 Å². The average Bonchev–Trinajstić information content (AvgIpc) is 3.21. The van der Waals surface area contributed by atoms with E-state index in [1.165, 1.54) is 0 Å². The number of hydrogen-bond donors (Lipinski definition) is 0. The molecule has 0 saturated heterocycles. The SMILES string of the molecule is COc1cc(CN(C)C(=O)c2cnn(Cc3ccccc3)c2)cc(OC)c1OC. The number of hydrogen-bond acceptors (Lipinski definition) is 5. The number of nitrogens with zero attached hydrogens (tertiary/aromatic N) is 3. The smallest absolute Gasteiger partial charge is 0.257 e. The molecule has 0 saturated carbocycles. The molecule has 0 unspecified atom stereocenters. The maximum Gasteiger partial charge on any atom is 0.257 e. The molecule has 0 aliphatic carbocycles. The summed E-state index contributed by atoms with van der Waals surface area (Å²) in [6, 6.07) is 13.7. The predicted molar refractivity (Wildman–Crippen MR) is 110 cm³/mol. The molecule has 1 amide bonds. The summed E-state index contributed by atoms with van der Waals surface area (Å²) in [4.78, 5) is 14.5. The zero-order valence-corrected chi connectivity index (χ0v) is 17.1. The lowest BCUT2D eigenvalue weighted by molar-refractivity contribution is 0.0784. The Morgan fingerprint density at radius 3 is 2.24 bits per heavy atom. The first-order chi connectivity index (χ1) is 14.0. The molecule has 152 valence electrons. The van der Waals surface area contributed by atoms with Gasteiger partial charge in [0.25, 0.3) is 5.91 Å². The van der Waals surface area contributed by atoms with Crippen LogP contribution in [-0.2, 0) is 13.1 Å². The molecule has 7 heteroatoms. The van der Waals surface area contributed by atoms with E-state index >= 15 is 0 Å². The number of carbonyl (C=O) groups is 1. The van der Waals surface area contributed by atoms with E-state index in [9.17, 15) is 4.79 Å². The topological polar surface area (TPSA) is 65.8 Å². The van der Waals surface area contributed by atoms with Crippen molar-refractivity contribution in [3.63, 3.8) is 0 Å². The molecule has 0 bridgehead atoms. The van der Waals surface area contributed by atoms with Crippen LogP contribution in [0.1, 0.15) is 21.5 Å². The Kier molecular flexibility index (Phi) is 6.39. The molecule has 3 aromatic rings. The highest BCUT2D eigenvalue weighted by Gasteiger charge is 2.18. The van der Waals surface area contributed by atoms with Gasteiger partial charge in [0.15, 0.2) is 11.5 Å². The minimum Gasteiger partial charge on any atom is -0.493 e. The number of rotatable bonds is 8. The van der Waals surface area contributed by atoms with Gasteiger partial charge in [0.2, 0.25) is 5.75 Å². The molecule has 1 heterocycles. The highest BCUT2D eigenvalue weighted by molar-refractivity contribution is 5.93. The van der Waals surface area contributed by atoms with Gasteiger partial charge in [0.05, 0.1) is 39.6 Å². The zero-order chi connectivity index (χ0) is 20.8. The lowest BCUT2D eigenvalue weighted by atomic mass is 10.1. The van der Waals surface area contributed by atoms with Gasteiger partial charge in [0, 0.05) is 19.8 Å². The molecule has 0 aliphatic rings. The number of methoxy groups -OCH3 is 3. The predicted octanol–water partition coefficient (Wildman–Crippen LogP) is 3.23. The third-order valence-electron chi connectivity index (χ3n) is 4.56. The summed E-state index contributed by atoms with van der Waals surface area (Å²) in [5.41, 5.74) is 2.53. The van der Waals surface area contributed by atoms with Gasteiger partial charge >= 0.3 is 0 Å². The number of carbonyl (C=O) groups excluding carboxylic acids is 1. The first-order valence-corrected chi connectivity index (χ1v) is 9.16. The first-order valence-electron chi connectivity index (χ1n) is 9.16. The fourth-order valence-corrected chi connectivity index (χ4v) is 3.12. The maximum absolute atomic E-state index is 12.8. The van der Waals surface area contributed by atoms with Crippen LogP contribution < -0.4 is 14.2 Å². The summed E-state index contributed by atoms with van der Waals surface area (Å²) in [7, 11) is 6.44. The summed E-state index contributed by atoms with van der Waals surface area (Å²) >= 11 is 0. The van der Waals surface area contributed by atoms with Gasteiger partial charge in [-0.3, -0.25) is 9.48 Å². The van der Waals surface area contributed by atoms with E-state index in [0.29, 0.717) is 35.9 Å². The molecule has 7 nitrogen and oxygen atoms in total. The van der Waals surface area contributed by atoms with E-state index in [1.54, 1.807) is 50.4 Å². The van der Waals surface area contributed by atoms with Crippen molar-refractivity contribution in [2.45, 2.75) is 13.1 Å². The van der Waals surface area contributed by atoms with Crippen LogP contribution in [0.5, 0.6) is 17.2 Å². The van der Waals surface area contributed by atoms with E-state index in [4.69, 9.17) is 14.2 Å². The van der Waals surface area contributed by atoms with E-state index in [2.05, 4.69) is 5.10 Å². The van der Waals surface area contributed by atoms with Crippen molar-refractivity contribution in [2.75, 3.05) is 28.4 Å². The van der Waals surface area contributed by atoms with Crippen LogP contribution in [0.4, 0.5) is 0 Å². The van der Waals surface area contributed by atoms with Gasteiger partial charge < -0.3 is 19.1 Å². The van der Waals surface area contributed by atoms with Gasteiger partial charge in [-0.05, 0) is 23.3 Å². The van der Waals surface area contributed by atoms with Crippen LogP contribution in [0, 0.1) is 0 Å². The summed E-state index contributed by atoms with van der Waals surface area (Å²) in [6.45, 7) is 1.00. The molecule has 0 N–H and O–H groups in total. The van der Waals surface area contributed by atoms with Crippen molar-refractivity contribution in [1.82, 2.24) is 14.7 Å². The maximum atomic E-state index is 12.8. The third kappa shape index (κ3) is 4.68. The lowest BCUT2D eigenvalue weighted by Crippen LogP contribution is -2.26. The minimum absolute atomic E-state index is 0.113. The van der Waals surface area contributed by atoms with Crippen LogP contribution in [0.2, 0.25) is 0 Å². The number of amides is 1. The highest BCUT2D eigenvalue weighted by atomic mass is 16.5. The van der Waals surface area contributed by atoms with Crippen LogP contribution >= 0.6 is 0 Å². The second kappa shape index (κ2) is 9.14. The number of benzene rings is 2. The molecule has 2 aromatic carbocycles. The Labute approximate surface area is 170 Å². The zero-order valence-electron chi connectivity index (χ0n) is 17.1. The second-order valence-electron chi connectivity index (χ2n) is 6.61. The quantitative estimate of drug-likeness (QED) is 0.586. The van der Waals surface area contributed by atoms with Gasteiger partial charge in [-0.15, -0.1) is 0 Å². The van der Waals surface area contributed by atoms with Crippen LogP contribution in [0.25, 0.3) is 0 Å². The minimum atomic E-state index is -0.113. The monoisotopic (exact) mass is 395 g/mol. The van der Waals surface area contributed by atoms with Crippen molar-refractivity contribution >= 4 is 5.91 Å². The molecular formula is C22H25N3O4. The molecule has 29 heavy (non-hydrogen) atoms. The Bertz CT molecular complexity index is 944. The summed E-state index contributed by atoms with van der Waals surface area (Å²) in [5, 5.41) is 4.31. The molecule has 0 spiro atoms. The normalized spacial score (nSPS) is 10.5. The van der Waals surface area contributed by atoms with Crippen LogP contribution in [0.3, 0.4) is 0 Å². The Morgan fingerprint density at radius 1 is 1.00 bits per heavy atom. The van der Waals surface area contributed by atoms with Gasteiger partial charge in [0.1, 0.15) is 0 Å². The molecular weight excluding hydrogens is 370 g/mol. The van der Waals surface area contributed by atoms with E-state index < -0.39 is 0 Å². The van der Waals surface area contributed by atoms with E-state index in [0.717, 1.165) is 11.1 Å². The molecule has 3 rings (SSSR count). The summed E-state index contributed by atoms with van der Waals surface area (Å²) < 4.78 is 17.9. The van der Waals surface area contributed by atoms with E-state index in [-0.39, 0.29) is 5.91 Å². The van der Waals surface area contributed by atoms with Crippen molar-refractivity contribution in [3.05, 3.63) is 71.5 Å². The molecule has 0 fully saturated rings. The molecule has 0 atom stereocenters. The largest absolute Gasteiger partial charge is 0.493 e. The molecule has 0 radical (unpaired) electrons. The number of ether oxygens (including phenoxy) is 3. The van der Waals surface area contributed by atoms with Crippen molar-refractivity contribution in [3.8, 4) is 17.2 Å². The Balaban J connectivity index is 1.72. The van der Waals surface area contributed by atoms with Gasteiger partial charge in [-0.1, -0.05) is 30.3 Å². The molecule has 1 aromatic heterocycles. The highest BCUT2D eigenvalue weighted by Crippen LogP contribution is 2.38. The Hall–Kier alpha value is -3.48. The fraction of sp³-hybridized carbons (Fsp3) is 0.273. The first kappa shape index (κ1) is 20.3.